The van der Waals surface area contributed by atoms with Crippen molar-refractivity contribution >= 4 is 82.4 Å². The Morgan fingerprint density at radius 2 is 1.06 bits per heavy atom. The van der Waals surface area contributed by atoms with Crippen LogP contribution in [-0.2, 0) is 0 Å². The molecule has 2 aromatic heterocycles. The van der Waals surface area contributed by atoms with Gasteiger partial charge in [0.2, 0.25) is 0 Å². The van der Waals surface area contributed by atoms with E-state index in [9.17, 15) is 0 Å². The van der Waals surface area contributed by atoms with Crippen LogP contribution in [0.4, 0.5) is 17.1 Å². The first-order valence-electron chi connectivity index (χ1n) is 18.1. The van der Waals surface area contributed by atoms with E-state index in [1.807, 2.05) is 6.07 Å². The van der Waals surface area contributed by atoms with Crippen molar-refractivity contribution in [2.45, 2.75) is 0 Å². The Morgan fingerprint density at radius 3 is 1.91 bits per heavy atom. The Bertz CT molecular complexity index is 3160. The zero-order valence-electron chi connectivity index (χ0n) is 28.8. The lowest BCUT2D eigenvalue weighted by Gasteiger charge is -2.27. The van der Waals surface area contributed by atoms with Gasteiger partial charge < -0.3 is 13.9 Å². The first-order valence-corrected chi connectivity index (χ1v) is 18.1. The van der Waals surface area contributed by atoms with E-state index in [0.717, 1.165) is 55.7 Å². The van der Waals surface area contributed by atoms with E-state index >= 15 is 0 Å². The molecule has 0 saturated carbocycles. The van der Waals surface area contributed by atoms with Crippen molar-refractivity contribution in [1.29, 1.82) is 0 Å². The molecule has 248 valence electrons. The van der Waals surface area contributed by atoms with E-state index in [4.69, 9.17) is 4.42 Å². The highest BCUT2D eigenvalue weighted by Crippen LogP contribution is 2.47. The van der Waals surface area contributed by atoms with Crippen LogP contribution in [0, 0.1) is 0 Å². The second kappa shape index (κ2) is 11.7. The molecule has 53 heavy (non-hydrogen) atoms. The summed E-state index contributed by atoms with van der Waals surface area (Å²) in [4.78, 5) is 2.35. The fourth-order valence-corrected chi connectivity index (χ4v) is 8.40. The molecule has 0 amide bonds. The van der Waals surface area contributed by atoms with Crippen LogP contribution in [0.1, 0.15) is 0 Å². The summed E-state index contributed by atoms with van der Waals surface area (Å²) >= 11 is 0. The van der Waals surface area contributed by atoms with E-state index in [2.05, 4.69) is 198 Å². The van der Waals surface area contributed by atoms with Gasteiger partial charge in [0, 0.05) is 55.6 Å². The Kier molecular flexibility index (Phi) is 6.55. The van der Waals surface area contributed by atoms with Crippen LogP contribution >= 0.6 is 0 Å². The van der Waals surface area contributed by atoms with Gasteiger partial charge in [0.1, 0.15) is 11.2 Å². The molecule has 0 saturated heterocycles. The molecule has 0 spiro atoms. The van der Waals surface area contributed by atoms with Gasteiger partial charge in [-0.1, -0.05) is 127 Å². The third-order valence-corrected chi connectivity index (χ3v) is 10.7. The minimum Gasteiger partial charge on any atom is -0.456 e. The highest BCUT2D eigenvalue weighted by atomic mass is 16.3. The third kappa shape index (κ3) is 4.61. The predicted molar refractivity (Wildman–Crippen MR) is 223 cm³/mol. The van der Waals surface area contributed by atoms with Gasteiger partial charge in [-0.2, -0.15) is 0 Å². The zero-order chi connectivity index (χ0) is 34.9. The molecule has 0 fully saturated rings. The Morgan fingerprint density at radius 1 is 0.396 bits per heavy atom. The maximum absolute atomic E-state index is 6.66. The molecule has 3 nitrogen and oxygen atoms in total. The van der Waals surface area contributed by atoms with Crippen LogP contribution in [0.3, 0.4) is 0 Å². The molecule has 0 radical (unpaired) electrons. The van der Waals surface area contributed by atoms with Gasteiger partial charge >= 0.3 is 0 Å². The lowest BCUT2D eigenvalue weighted by atomic mass is 9.93. The second-order valence-electron chi connectivity index (χ2n) is 13.7. The number of anilines is 3. The smallest absolute Gasteiger partial charge is 0.138 e. The number of benzene rings is 9. The minimum absolute atomic E-state index is 0.883. The lowest BCUT2D eigenvalue weighted by Crippen LogP contribution is -2.10. The van der Waals surface area contributed by atoms with Crippen molar-refractivity contribution < 1.29 is 4.42 Å². The molecule has 0 aliphatic carbocycles. The molecule has 9 aromatic carbocycles. The van der Waals surface area contributed by atoms with Crippen molar-refractivity contribution in [2.24, 2.45) is 0 Å². The largest absolute Gasteiger partial charge is 0.456 e. The molecule has 0 atom stereocenters. The molecular formula is C50H32N2O. The van der Waals surface area contributed by atoms with Crippen molar-refractivity contribution in [3.8, 4) is 16.8 Å². The molecule has 0 N–H and O–H groups in total. The summed E-state index contributed by atoms with van der Waals surface area (Å²) < 4.78 is 9.06. The molecule has 0 aliphatic heterocycles. The van der Waals surface area contributed by atoms with Crippen molar-refractivity contribution in [1.82, 2.24) is 4.57 Å². The number of hydrogen-bond acceptors (Lipinski definition) is 2. The summed E-state index contributed by atoms with van der Waals surface area (Å²) in [6.45, 7) is 0. The first kappa shape index (κ1) is 29.6. The number of fused-ring (bicyclic) bond motifs is 8. The van der Waals surface area contributed by atoms with Crippen LogP contribution < -0.4 is 4.90 Å². The summed E-state index contributed by atoms with van der Waals surface area (Å²) in [5.74, 6) is 0. The molecular weight excluding hydrogens is 645 g/mol. The maximum atomic E-state index is 6.66. The Hall–Kier alpha value is -7.10. The topological polar surface area (TPSA) is 21.3 Å². The van der Waals surface area contributed by atoms with Crippen LogP contribution in [-0.4, -0.2) is 4.57 Å². The SMILES string of the molecule is c1ccc(N(c2ccc(-n3c4ccccc4c4c(-c5ccc6ccccc6c5)c5c(cc43)oc3ccccc35)cc2)c2cccc3ccccc23)cc1. The third-order valence-electron chi connectivity index (χ3n) is 10.7. The van der Waals surface area contributed by atoms with Gasteiger partial charge in [-0.3, -0.25) is 0 Å². The molecule has 2 heterocycles. The summed E-state index contributed by atoms with van der Waals surface area (Å²) in [7, 11) is 0. The van der Waals surface area contributed by atoms with Crippen LogP contribution in [0.15, 0.2) is 199 Å². The van der Waals surface area contributed by atoms with Gasteiger partial charge in [-0.25, -0.2) is 0 Å². The average Bonchev–Trinajstić information content (AvgIpc) is 3.76. The van der Waals surface area contributed by atoms with Crippen LogP contribution in [0.5, 0.6) is 0 Å². The second-order valence-corrected chi connectivity index (χ2v) is 13.7. The van der Waals surface area contributed by atoms with Gasteiger partial charge in [0.15, 0.2) is 0 Å². The van der Waals surface area contributed by atoms with Crippen LogP contribution in [0.25, 0.3) is 82.1 Å². The number of aromatic nitrogens is 1. The Labute approximate surface area is 306 Å². The van der Waals surface area contributed by atoms with Crippen molar-refractivity contribution in [3.63, 3.8) is 0 Å². The van der Waals surface area contributed by atoms with Crippen molar-refractivity contribution in [2.75, 3.05) is 4.90 Å². The highest BCUT2D eigenvalue weighted by molar-refractivity contribution is 6.27. The van der Waals surface area contributed by atoms with Crippen LogP contribution in [0.2, 0.25) is 0 Å². The van der Waals surface area contributed by atoms with E-state index in [1.54, 1.807) is 0 Å². The fraction of sp³-hybridized carbons (Fsp3) is 0. The maximum Gasteiger partial charge on any atom is 0.138 e. The fourth-order valence-electron chi connectivity index (χ4n) is 8.40. The summed E-state index contributed by atoms with van der Waals surface area (Å²) in [5, 5.41) is 9.58. The Balaban J connectivity index is 1.17. The summed E-state index contributed by atoms with van der Waals surface area (Å²) in [6.07, 6.45) is 0. The number of para-hydroxylation sites is 3. The molecule has 0 aliphatic rings. The molecule has 0 unspecified atom stereocenters. The summed E-state index contributed by atoms with van der Waals surface area (Å²) in [6, 6.07) is 69.6. The van der Waals surface area contributed by atoms with E-state index < -0.39 is 0 Å². The number of hydrogen-bond donors (Lipinski definition) is 0. The molecule has 11 aromatic rings. The van der Waals surface area contributed by atoms with Gasteiger partial charge in [-0.15, -0.1) is 0 Å². The zero-order valence-corrected chi connectivity index (χ0v) is 28.8. The molecule has 3 heteroatoms. The summed E-state index contributed by atoms with van der Waals surface area (Å²) in [5.41, 5.74) is 10.9. The predicted octanol–water partition coefficient (Wildman–Crippen LogP) is 14.1. The molecule has 0 bridgehead atoms. The highest BCUT2D eigenvalue weighted by Gasteiger charge is 2.23. The normalized spacial score (nSPS) is 11.8. The first-order chi connectivity index (χ1) is 26.3. The van der Waals surface area contributed by atoms with E-state index in [0.29, 0.717) is 0 Å². The standard InChI is InChI=1S/C50H32N2O/c1-2-17-37(18-3-1)51(43-23-12-16-34-14-6-7-19-40(34)43)38-27-29-39(30-28-38)52-44-22-10-8-20-41(44)49-45(52)32-47-50(42-21-9-11-24-46(42)53-47)48(49)36-26-25-33-13-4-5-15-35(33)31-36/h1-32H. The number of furan rings is 1. The van der Waals surface area contributed by atoms with Gasteiger partial charge in [-0.05, 0) is 82.4 Å². The average molecular weight is 677 g/mol. The number of nitrogens with zero attached hydrogens (tertiary/aromatic N) is 2. The van der Waals surface area contributed by atoms with Crippen molar-refractivity contribution in [3.05, 3.63) is 194 Å². The monoisotopic (exact) mass is 676 g/mol. The van der Waals surface area contributed by atoms with Gasteiger partial charge in [0.05, 0.1) is 16.7 Å². The number of rotatable bonds is 5. The lowest BCUT2D eigenvalue weighted by molar-refractivity contribution is 0.669. The van der Waals surface area contributed by atoms with Gasteiger partial charge in [0.25, 0.3) is 0 Å². The van der Waals surface area contributed by atoms with E-state index in [1.165, 1.54) is 43.4 Å². The quantitative estimate of drug-likeness (QED) is 0.181. The minimum atomic E-state index is 0.883. The molecule has 11 rings (SSSR count). The van der Waals surface area contributed by atoms with E-state index in [-0.39, 0.29) is 0 Å².